The van der Waals surface area contributed by atoms with Gasteiger partial charge < -0.3 is 25.7 Å². The van der Waals surface area contributed by atoms with Gasteiger partial charge in [-0.15, -0.1) is 0 Å². The predicted molar refractivity (Wildman–Crippen MR) is 146 cm³/mol. The maximum atomic E-state index is 13.5. The number of fused-ring (bicyclic) bond motifs is 1. The third kappa shape index (κ3) is 5.96. The fraction of sp³-hybridized carbons (Fsp3) is 0.519. The monoisotopic (exact) mass is 493 g/mol. The van der Waals surface area contributed by atoms with Crippen LogP contribution in [0.1, 0.15) is 50.7 Å². The Labute approximate surface area is 213 Å². The number of benzene rings is 1. The molecule has 1 aromatic carbocycles. The minimum absolute atomic E-state index is 0.151. The lowest BCUT2D eigenvalue weighted by atomic mass is 10.0. The van der Waals surface area contributed by atoms with Crippen LogP contribution < -0.4 is 26.7 Å². The third-order valence-corrected chi connectivity index (χ3v) is 7.04. The van der Waals surface area contributed by atoms with Crippen LogP contribution in [0.4, 0.5) is 11.8 Å². The first-order valence-corrected chi connectivity index (χ1v) is 12.9. The van der Waals surface area contributed by atoms with E-state index in [4.69, 9.17) is 10.5 Å². The fourth-order valence-corrected chi connectivity index (χ4v) is 5.01. The Morgan fingerprint density at radius 2 is 1.97 bits per heavy atom. The van der Waals surface area contributed by atoms with Crippen molar-refractivity contribution in [2.24, 2.45) is 0 Å². The first kappa shape index (κ1) is 25.9. The average molecular weight is 494 g/mol. The van der Waals surface area contributed by atoms with Crippen LogP contribution in [-0.2, 0) is 13.1 Å². The number of nitrogens with one attached hydrogen (secondary N) is 2. The number of piperidine rings is 1. The zero-order chi connectivity index (χ0) is 25.7. The Hall–Kier alpha value is -3.17. The molecule has 0 bridgehead atoms. The molecule has 194 valence electrons. The number of nitrogen functional groups attached to an aromatic ring is 1. The number of rotatable bonds is 10. The van der Waals surface area contributed by atoms with Gasteiger partial charge in [0.1, 0.15) is 17.0 Å². The molecule has 0 saturated carbocycles. The van der Waals surface area contributed by atoms with E-state index in [0.717, 1.165) is 43.8 Å². The van der Waals surface area contributed by atoms with Crippen molar-refractivity contribution in [1.82, 2.24) is 24.8 Å². The SMILES string of the molecule is CCC[C@@H](C)Nc1nc(N)nc2ccn(Cc3ccc(CN4CCC(NC)CC4)cc3OC)c(=O)c12. The van der Waals surface area contributed by atoms with E-state index in [1.807, 2.05) is 13.1 Å². The van der Waals surface area contributed by atoms with Crippen molar-refractivity contribution in [3.8, 4) is 5.75 Å². The number of nitrogens with zero attached hydrogens (tertiary/aromatic N) is 4. The molecule has 1 saturated heterocycles. The summed E-state index contributed by atoms with van der Waals surface area (Å²) < 4.78 is 7.41. The van der Waals surface area contributed by atoms with Crippen molar-refractivity contribution >= 4 is 22.7 Å². The van der Waals surface area contributed by atoms with Crippen molar-refractivity contribution in [2.45, 2.75) is 64.7 Å². The number of methoxy groups -OCH3 is 1. The first-order chi connectivity index (χ1) is 17.4. The van der Waals surface area contributed by atoms with Crippen LogP contribution in [0.3, 0.4) is 0 Å². The van der Waals surface area contributed by atoms with E-state index in [1.165, 1.54) is 18.4 Å². The topological polar surface area (TPSA) is 110 Å². The largest absolute Gasteiger partial charge is 0.496 e. The van der Waals surface area contributed by atoms with E-state index in [9.17, 15) is 4.79 Å². The zero-order valence-corrected chi connectivity index (χ0v) is 21.9. The molecule has 0 radical (unpaired) electrons. The molecule has 0 unspecified atom stereocenters. The highest BCUT2D eigenvalue weighted by molar-refractivity contribution is 5.89. The minimum Gasteiger partial charge on any atom is -0.496 e. The molecule has 9 nitrogen and oxygen atoms in total. The van der Waals surface area contributed by atoms with Crippen molar-refractivity contribution in [3.63, 3.8) is 0 Å². The van der Waals surface area contributed by atoms with Crippen molar-refractivity contribution in [3.05, 3.63) is 51.9 Å². The van der Waals surface area contributed by atoms with Crippen LogP contribution in [-0.4, -0.2) is 58.8 Å². The summed E-state index contributed by atoms with van der Waals surface area (Å²) in [5.74, 6) is 1.42. The summed E-state index contributed by atoms with van der Waals surface area (Å²) in [6, 6.07) is 8.89. The second kappa shape index (κ2) is 11.7. The van der Waals surface area contributed by atoms with Gasteiger partial charge in [0, 0.05) is 30.4 Å². The Morgan fingerprint density at radius 3 is 2.67 bits per heavy atom. The van der Waals surface area contributed by atoms with Crippen LogP contribution in [0.25, 0.3) is 10.9 Å². The molecule has 1 fully saturated rings. The molecule has 0 amide bonds. The lowest BCUT2D eigenvalue weighted by Crippen LogP contribution is -2.40. The molecule has 4 rings (SSSR count). The van der Waals surface area contributed by atoms with E-state index in [-0.39, 0.29) is 17.5 Å². The number of pyridine rings is 1. The van der Waals surface area contributed by atoms with Crippen molar-refractivity contribution < 1.29 is 4.74 Å². The highest BCUT2D eigenvalue weighted by Gasteiger charge is 2.19. The summed E-state index contributed by atoms with van der Waals surface area (Å²) >= 11 is 0. The molecule has 1 atom stereocenters. The van der Waals surface area contributed by atoms with Gasteiger partial charge in [0.2, 0.25) is 5.95 Å². The number of likely N-dealkylation sites (tertiary alicyclic amines) is 1. The van der Waals surface area contributed by atoms with Gasteiger partial charge >= 0.3 is 0 Å². The maximum absolute atomic E-state index is 13.5. The van der Waals surface area contributed by atoms with Gasteiger partial charge in [0.25, 0.3) is 5.56 Å². The van der Waals surface area contributed by atoms with Crippen LogP contribution in [0.2, 0.25) is 0 Å². The van der Waals surface area contributed by atoms with Gasteiger partial charge in [-0.25, -0.2) is 4.98 Å². The second-order valence-electron chi connectivity index (χ2n) is 9.76. The molecule has 2 aromatic heterocycles. The number of hydrogen-bond donors (Lipinski definition) is 3. The molecule has 0 aliphatic carbocycles. The highest BCUT2D eigenvalue weighted by Crippen LogP contribution is 2.24. The normalized spacial score (nSPS) is 15.8. The third-order valence-electron chi connectivity index (χ3n) is 7.04. The quantitative estimate of drug-likeness (QED) is 0.395. The smallest absolute Gasteiger partial charge is 0.264 e. The van der Waals surface area contributed by atoms with Crippen molar-refractivity contribution in [1.29, 1.82) is 0 Å². The average Bonchev–Trinajstić information content (AvgIpc) is 2.86. The van der Waals surface area contributed by atoms with Gasteiger partial charge in [-0.2, -0.15) is 4.98 Å². The van der Waals surface area contributed by atoms with Crippen LogP contribution in [0.5, 0.6) is 5.75 Å². The van der Waals surface area contributed by atoms with E-state index < -0.39 is 0 Å². The second-order valence-corrected chi connectivity index (χ2v) is 9.76. The summed E-state index contributed by atoms with van der Waals surface area (Å²) in [5, 5.41) is 7.19. The Kier molecular flexibility index (Phi) is 8.43. The van der Waals surface area contributed by atoms with E-state index in [2.05, 4.69) is 57.5 Å². The molecular weight excluding hydrogens is 454 g/mol. The molecule has 3 aromatic rings. The number of nitrogens with two attached hydrogens (primary N) is 1. The van der Waals surface area contributed by atoms with Gasteiger partial charge in [-0.1, -0.05) is 25.5 Å². The van der Waals surface area contributed by atoms with E-state index in [0.29, 0.717) is 29.3 Å². The van der Waals surface area contributed by atoms with Crippen molar-refractivity contribution in [2.75, 3.05) is 38.3 Å². The molecule has 1 aliphatic rings. The molecule has 4 N–H and O–H groups in total. The number of anilines is 2. The van der Waals surface area contributed by atoms with E-state index >= 15 is 0 Å². The van der Waals surface area contributed by atoms with E-state index in [1.54, 1.807) is 17.9 Å². The molecule has 36 heavy (non-hydrogen) atoms. The lowest BCUT2D eigenvalue weighted by molar-refractivity contribution is 0.194. The maximum Gasteiger partial charge on any atom is 0.264 e. The summed E-state index contributed by atoms with van der Waals surface area (Å²) in [4.78, 5) is 24.7. The number of hydrogen-bond acceptors (Lipinski definition) is 8. The predicted octanol–water partition coefficient (Wildman–Crippen LogP) is 3.21. The first-order valence-electron chi connectivity index (χ1n) is 12.9. The molecule has 9 heteroatoms. The number of aromatic nitrogens is 3. The minimum atomic E-state index is -0.155. The fourth-order valence-electron chi connectivity index (χ4n) is 5.01. The molecule has 1 aliphatic heterocycles. The Bertz CT molecular complexity index is 1230. The van der Waals surface area contributed by atoms with Crippen LogP contribution in [0.15, 0.2) is 35.3 Å². The Balaban J connectivity index is 1.58. The highest BCUT2D eigenvalue weighted by atomic mass is 16.5. The van der Waals surface area contributed by atoms with Crippen LogP contribution in [0, 0.1) is 0 Å². The van der Waals surface area contributed by atoms with Gasteiger partial charge in [-0.3, -0.25) is 9.69 Å². The molecule has 0 spiro atoms. The summed E-state index contributed by atoms with van der Waals surface area (Å²) in [7, 11) is 3.72. The standard InChI is InChI=1S/C27H39N7O2/c1-5-6-18(2)30-25-24-22(31-27(28)32-25)11-14-34(26(24)35)17-20-8-7-19(15-23(20)36-4)16-33-12-9-21(29-3)10-13-33/h7-8,11,14-15,18,21,29H,5-6,9-10,12-13,16-17H2,1-4H3,(H3,28,30,31,32)/t18-/m1/s1. The summed E-state index contributed by atoms with van der Waals surface area (Å²) in [5.41, 5.74) is 8.47. The Morgan fingerprint density at radius 1 is 1.19 bits per heavy atom. The molecular formula is C27H39N7O2. The number of ether oxygens (including phenoxy) is 1. The summed E-state index contributed by atoms with van der Waals surface area (Å²) in [6.07, 6.45) is 6.08. The lowest BCUT2D eigenvalue weighted by Gasteiger charge is -2.31. The summed E-state index contributed by atoms with van der Waals surface area (Å²) in [6.45, 7) is 7.66. The van der Waals surface area contributed by atoms with Gasteiger partial charge in [-0.05, 0) is 64.0 Å². The zero-order valence-electron chi connectivity index (χ0n) is 21.9. The molecule has 3 heterocycles. The van der Waals surface area contributed by atoms with Crippen LogP contribution >= 0.6 is 0 Å². The van der Waals surface area contributed by atoms with Gasteiger partial charge in [0.15, 0.2) is 0 Å². The van der Waals surface area contributed by atoms with Gasteiger partial charge in [0.05, 0.1) is 19.2 Å².